The number of nitrogens with zero attached hydrogens (tertiary/aromatic N) is 3. The molecule has 6 rings (SSSR count). The van der Waals surface area contributed by atoms with E-state index in [-0.39, 0.29) is 35.9 Å². The second kappa shape index (κ2) is 16.9. The number of piperidine rings is 2. The molecule has 2 aromatic heterocycles. The molecule has 2 aliphatic rings. The molecule has 0 radical (unpaired) electrons. The number of ether oxygens (including phenoxy) is 2. The molecular formula is C38H48N8O6. The van der Waals surface area contributed by atoms with Crippen LogP contribution in [0.4, 0.5) is 5.69 Å². The normalized spacial score (nSPS) is 16.9. The lowest BCUT2D eigenvalue weighted by Gasteiger charge is -2.32. The topological polar surface area (TPSA) is 172 Å². The molecule has 0 saturated carbocycles. The summed E-state index contributed by atoms with van der Waals surface area (Å²) < 4.78 is 13.0. The van der Waals surface area contributed by atoms with Crippen LogP contribution in [0.15, 0.2) is 53.6 Å². The van der Waals surface area contributed by atoms with E-state index in [2.05, 4.69) is 48.5 Å². The van der Waals surface area contributed by atoms with Gasteiger partial charge in [0, 0.05) is 55.0 Å². The zero-order valence-corrected chi connectivity index (χ0v) is 30.0. The summed E-state index contributed by atoms with van der Waals surface area (Å²) in [5.74, 6) is 1.18. The van der Waals surface area contributed by atoms with Gasteiger partial charge in [0.25, 0.3) is 5.56 Å². The molecule has 5 N–H and O–H groups in total. The Labute approximate surface area is 302 Å². The number of fused-ring (bicyclic) bond motifs is 1. The Morgan fingerprint density at radius 2 is 1.73 bits per heavy atom. The molecule has 52 heavy (non-hydrogen) atoms. The number of anilines is 1. The third kappa shape index (κ3) is 8.62. The van der Waals surface area contributed by atoms with Crippen molar-refractivity contribution in [1.82, 2.24) is 35.6 Å². The van der Waals surface area contributed by atoms with Crippen LogP contribution >= 0.6 is 0 Å². The molecule has 3 amide bonds. The Morgan fingerprint density at radius 1 is 1.00 bits per heavy atom. The number of nitrogens with one attached hydrogen (secondary N) is 5. The van der Waals surface area contributed by atoms with Gasteiger partial charge in [-0.2, -0.15) is 5.10 Å². The summed E-state index contributed by atoms with van der Waals surface area (Å²) in [6.07, 6.45) is 8.40. The molecule has 1 atom stereocenters. The summed E-state index contributed by atoms with van der Waals surface area (Å²) in [5.41, 5.74) is 4.90. The minimum atomic E-state index is -0.377. The van der Waals surface area contributed by atoms with Crippen molar-refractivity contribution in [2.45, 2.75) is 57.0 Å². The Hall–Kier alpha value is -5.21. The van der Waals surface area contributed by atoms with Crippen molar-refractivity contribution >= 4 is 34.3 Å². The lowest BCUT2D eigenvalue weighted by Crippen LogP contribution is -2.47. The van der Waals surface area contributed by atoms with E-state index in [1.54, 1.807) is 33.7 Å². The number of H-pyrrole nitrogens is 1. The molecule has 0 aliphatic carbocycles. The van der Waals surface area contributed by atoms with Crippen molar-refractivity contribution in [3.8, 4) is 22.6 Å². The number of aromatic nitrogens is 3. The SMILES string of the molecule is COc1cc(-c2cn(C)c(=O)c3[nH]ncc23)cc(OC)c1CNCC(=O)NCCCCN1CCC(c2ccc(NC3CCC(=O)NC3=O)cc2)CC1. The average Bonchev–Trinajstić information content (AvgIpc) is 3.65. The average molecular weight is 713 g/mol. The van der Waals surface area contributed by atoms with Crippen LogP contribution in [0, 0.1) is 0 Å². The van der Waals surface area contributed by atoms with Gasteiger partial charge in [-0.1, -0.05) is 12.1 Å². The van der Waals surface area contributed by atoms with Crippen LogP contribution in [0.2, 0.25) is 0 Å². The number of rotatable bonds is 15. The first-order valence-corrected chi connectivity index (χ1v) is 17.9. The van der Waals surface area contributed by atoms with Crippen LogP contribution < -0.4 is 36.3 Å². The van der Waals surface area contributed by atoms with Crippen molar-refractivity contribution in [1.29, 1.82) is 0 Å². The van der Waals surface area contributed by atoms with E-state index >= 15 is 0 Å². The van der Waals surface area contributed by atoms with Gasteiger partial charge in [-0.15, -0.1) is 0 Å². The first-order chi connectivity index (χ1) is 25.2. The highest BCUT2D eigenvalue weighted by molar-refractivity contribution is 6.01. The van der Waals surface area contributed by atoms with E-state index in [9.17, 15) is 19.2 Å². The number of hydrogen-bond acceptors (Lipinski definition) is 10. The van der Waals surface area contributed by atoms with Gasteiger partial charge >= 0.3 is 0 Å². The highest BCUT2D eigenvalue weighted by atomic mass is 16.5. The zero-order valence-electron chi connectivity index (χ0n) is 30.0. The molecule has 14 heteroatoms. The van der Waals surface area contributed by atoms with Crippen molar-refractivity contribution in [3.63, 3.8) is 0 Å². The molecule has 276 valence electrons. The van der Waals surface area contributed by atoms with E-state index in [1.165, 1.54) is 10.1 Å². The summed E-state index contributed by atoms with van der Waals surface area (Å²) in [4.78, 5) is 51.1. The smallest absolute Gasteiger partial charge is 0.276 e. The Morgan fingerprint density at radius 3 is 2.42 bits per heavy atom. The number of carbonyl (C=O) groups is 3. The second-order valence-corrected chi connectivity index (χ2v) is 13.5. The fraction of sp³-hybridized carbons (Fsp3) is 0.447. The third-order valence-electron chi connectivity index (χ3n) is 10.1. The highest BCUT2D eigenvalue weighted by Crippen LogP contribution is 2.37. The van der Waals surface area contributed by atoms with Crippen molar-refractivity contribution in [3.05, 3.63) is 70.3 Å². The number of benzene rings is 2. The third-order valence-corrected chi connectivity index (χ3v) is 10.1. The van der Waals surface area contributed by atoms with Crippen molar-refractivity contribution in [2.24, 2.45) is 7.05 Å². The van der Waals surface area contributed by atoms with Crippen LogP contribution in [0.5, 0.6) is 11.5 Å². The van der Waals surface area contributed by atoms with Gasteiger partial charge in [-0.05, 0) is 93.0 Å². The Balaban J connectivity index is 0.890. The first-order valence-electron chi connectivity index (χ1n) is 17.9. The van der Waals surface area contributed by atoms with Gasteiger partial charge in [0.15, 0.2) is 0 Å². The number of imide groups is 1. The number of aryl methyl sites for hydroxylation is 1. The molecule has 4 heterocycles. The van der Waals surface area contributed by atoms with E-state index < -0.39 is 0 Å². The zero-order chi connectivity index (χ0) is 36.6. The number of hydrogen-bond donors (Lipinski definition) is 5. The number of amides is 3. The van der Waals surface area contributed by atoms with E-state index in [4.69, 9.17) is 9.47 Å². The van der Waals surface area contributed by atoms with Crippen LogP contribution in [0.25, 0.3) is 22.0 Å². The Kier molecular flexibility index (Phi) is 11.9. The maximum Gasteiger partial charge on any atom is 0.276 e. The quantitative estimate of drug-likeness (QED) is 0.0912. The van der Waals surface area contributed by atoms with Crippen molar-refractivity contribution < 1.29 is 23.9 Å². The number of unbranched alkanes of at least 4 members (excludes halogenated alkanes) is 1. The molecule has 1 unspecified atom stereocenters. The summed E-state index contributed by atoms with van der Waals surface area (Å²) in [7, 11) is 4.89. The standard InChI is InChI=1S/C38H48N8O6/c1-45-23-30(28-21-41-44-36(28)38(45)50)26-18-32(51-2)29(33(19-26)52-3)20-39-22-35(48)40-14-4-5-15-46-16-12-25(13-17-46)24-6-8-27(9-7-24)42-31-10-11-34(47)43-37(31)49/h6-9,18-19,21,23,25,31,39,42H,4-5,10-17,20,22H2,1-3H3,(H,40,48)(H,41,44)(H,43,47,49). The molecule has 14 nitrogen and oxygen atoms in total. The highest BCUT2D eigenvalue weighted by Gasteiger charge is 2.27. The van der Waals surface area contributed by atoms with Crippen LogP contribution in [0.3, 0.4) is 0 Å². The van der Waals surface area contributed by atoms with Gasteiger partial charge in [0.05, 0.1) is 27.0 Å². The number of aromatic amines is 1. The molecular weight excluding hydrogens is 664 g/mol. The van der Waals surface area contributed by atoms with Gasteiger partial charge in [0.1, 0.15) is 23.1 Å². The molecule has 2 fully saturated rings. The van der Waals surface area contributed by atoms with Gasteiger partial charge in [-0.3, -0.25) is 29.6 Å². The second-order valence-electron chi connectivity index (χ2n) is 13.5. The monoisotopic (exact) mass is 712 g/mol. The van der Waals surface area contributed by atoms with E-state index in [0.717, 1.165) is 67.7 Å². The van der Waals surface area contributed by atoms with E-state index in [0.29, 0.717) is 54.3 Å². The molecule has 2 aromatic carbocycles. The molecule has 4 aromatic rings. The predicted molar refractivity (Wildman–Crippen MR) is 198 cm³/mol. The summed E-state index contributed by atoms with van der Waals surface area (Å²) >= 11 is 0. The van der Waals surface area contributed by atoms with Crippen molar-refractivity contribution in [2.75, 3.05) is 52.3 Å². The number of pyridine rings is 1. The minimum Gasteiger partial charge on any atom is -0.496 e. The van der Waals surface area contributed by atoms with Crippen LogP contribution in [0.1, 0.15) is 55.6 Å². The van der Waals surface area contributed by atoms with Crippen LogP contribution in [-0.4, -0.2) is 90.4 Å². The van der Waals surface area contributed by atoms with Crippen LogP contribution in [-0.2, 0) is 28.0 Å². The summed E-state index contributed by atoms with van der Waals surface area (Å²) in [6.45, 7) is 4.25. The largest absolute Gasteiger partial charge is 0.496 e. The molecule has 2 aliphatic heterocycles. The fourth-order valence-corrected chi connectivity index (χ4v) is 7.12. The van der Waals surface area contributed by atoms with E-state index in [1.807, 2.05) is 24.3 Å². The molecule has 2 saturated heterocycles. The van der Waals surface area contributed by atoms with Gasteiger partial charge in [0.2, 0.25) is 17.7 Å². The first kappa shape index (κ1) is 36.6. The fourth-order valence-electron chi connectivity index (χ4n) is 7.12. The molecule has 0 spiro atoms. The minimum absolute atomic E-state index is 0.0683. The number of likely N-dealkylation sites (tertiary alicyclic amines) is 1. The maximum absolute atomic E-state index is 12.6. The Bertz CT molecular complexity index is 1920. The lowest BCUT2D eigenvalue weighted by atomic mass is 9.89. The van der Waals surface area contributed by atoms with Gasteiger partial charge < -0.3 is 34.9 Å². The molecule has 0 bridgehead atoms. The number of methoxy groups -OCH3 is 2. The number of carbonyl (C=O) groups excluding carboxylic acids is 3. The lowest BCUT2D eigenvalue weighted by molar-refractivity contribution is -0.133. The summed E-state index contributed by atoms with van der Waals surface area (Å²) in [6, 6.07) is 11.8. The predicted octanol–water partition coefficient (Wildman–Crippen LogP) is 3.03. The summed E-state index contributed by atoms with van der Waals surface area (Å²) in [5, 5.41) is 19.4. The van der Waals surface area contributed by atoms with Gasteiger partial charge in [-0.25, -0.2) is 0 Å². The maximum atomic E-state index is 12.6.